The average molecular weight is 284 g/mol. The maximum absolute atomic E-state index is 3.65. The lowest BCUT2D eigenvalue weighted by molar-refractivity contribution is 0.0209. The van der Waals surface area contributed by atoms with E-state index >= 15 is 0 Å². The highest BCUT2D eigenvalue weighted by Gasteiger charge is 2.39. The molecule has 0 amide bonds. The van der Waals surface area contributed by atoms with Crippen LogP contribution >= 0.6 is 0 Å². The highest BCUT2D eigenvalue weighted by Crippen LogP contribution is 2.40. The van der Waals surface area contributed by atoms with Crippen LogP contribution < -0.4 is 5.32 Å². The van der Waals surface area contributed by atoms with E-state index in [2.05, 4.69) is 34.5 Å². The van der Waals surface area contributed by atoms with Gasteiger partial charge in [-0.2, -0.15) is 0 Å². The van der Waals surface area contributed by atoms with Crippen molar-refractivity contribution in [3.05, 3.63) is 35.4 Å². The van der Waals surface area contributed by atoms with Gasteiger partial charge >= 0.3 is 0 Å². The molecule has 21 heavy (non-hydrogen) atoms. The van der Waals surface area contributed by atoms with Gasteiger partial charge in [0.2, 0.25) is 0 Å². The summed E-state index contributed by atoms with van der Waals surface area (Å²) in [5, 5.41) is 3.65. The second kappa shape index (κ2) is 5.73. The van der Waals surface area contributed by atoms with Crippen LogP contribution in [0.4, 0.5) is 0 Å². The van der Waals surface area contributed by atoms with Crippen molar-refractivity contribution in [2.75, 3.05) is 19.6 Å². The number of piperazine rings is 1. The van der Waals surface area contributed by atoms with Gasteiger partial charge in [0, 0.05) is 31.7 Å². The molecular formula is C19H28N2. The van der Waals surface area contributed by atoms with E-state index in [-0.39, 0.29) is 0 Å². The zero-order valence-corrected chi connectivity index (χ0v) is 13.1. The normalized spacial score (nSPS) is 26.1. The van der Waals surface area contributed by atoms with Crippen molar-refractivity contribution >= 4 is 0 Å². The molecular weight excluding hydrogens is 256 g/mol. The van der Waals surface area contributed by atoms with E-state index in [0.717, 1.165) is 19.0 Å². The molecule has 114 valence electrons. The maximum atomic E-state index is 3.65. The summed E-state index contributed by atoms with van der Waals surface area (Å²) in [6, 6.07) is 9.52. The fourth-order valence-electron chi connectivity index (χ4n) is 4.37. The Morgan fingerprint density at radius 1 is 1.05 bits per heavy atom. The number of nitrogens with zero attached hydrogens (tertiary/aromatic N) is 1. The third-order valence-corrected chi connectivity index (χ3v) is 5.87. The standard InChI is InChI=1S/C19H28N2/c1-2-10-19(11-3-1)15-20-12-13-21(19)14-16-4-6-17(7-5-16)18-8-9-18/h4-7,18,20H,1-3,8-15H2. The van der Waals surface area contributed by atoms with Crippen molar-refractivity contribution in [3.63, 3.8) is 0 Å². The maximum Gasteiger partial charge on any atom is 0.0338 e. The summed E-state index contributed by atoms with van der Waals surface area (Å²) in [5.41, 5.74) is 3.52. The Morgan fingerprint density at radius 2 is 1.81 bits per heavy atom. The minimum absolute atomic E-state index is 0.450. The second-order valence-corrected chi connectivity index (χ2v) is 7.40. The first kappa shape index (κ1) is 13.8. The first-order chi connectivity index (χ1) is 10.4. The molecule has 0 aromatic heterocycles. The Kier molecular flexibility index (Phi) is 3.76. The number of hydrogen-bond acceptors (Lipinski definition) is 2. The minimum Gasteiger partial charge on any atom is -0.314 e. The molecule has 2 heteroatoms. The van der Waals surface area contributed by atoms with Gasteiger partial charge in [0.05, 0.1) is 0 Å². The van der Waals surface area contributed by atoms with E-state index in [1.807, 2.05) is 0 Å². The van der Waals surface area contributed by atoms with E-state index in [9.17, 15) is 0 Å². The molecule has 1 heterocycles. The van der Waals surface area contributed by atoms with Gasteiger partial charge in [-0.15, -0.1) is 0 Å². The van der Waals surface area contributed by atoms with E-state index < -0.39 is 0 Å². The second-order valence-electron chi connectivity index (χ2n) is 7.40. The molecule has 1 N–H and O–H groups in total. The summed E-state index contributed by atoms with van der Waals surface area (Å²) in [5.74, 6) is 0.878. The molecule has 1 spiro atoms. The largest absolute Gasteiger partial charge is 0.314 e. The average Bonchev–Trinajstić information content (AvgIpc) is 3.36. The molecule has 1 aromatic rings. The predicted octanol–water partition coefficient (Wildman–Crippen LogP) is 3.67. The molecule has 2 aliphatic carbocycles. The minimum atomic E-state index is 0.450. The van der Waals surface area contributed by atoms with Gasteiger partial charge in [-0.05, 0) is 42.7 Å². The highest BCUT2D eigenvalue weighted by molar-refractivity contribution is 5.28. The summed E-state index contributed by atoms with van der Waals surface area (Å²) < 4.78 is 0. The zero-order chi connectivity index (χ0) is 14.1. The van der Waals surface area contributed by atoms with Gasteiger partial charge in [0.1, 0.15) is 0 Å². The van der Waals surface area contributed by atoms with Crippen LogP contribution in [0.5, 0.6) is 0 Å². The van der Waals surface area contributed by atoms with Crippen LogP contribution in [-0.2, 0) is 6.54 Å². The quantitative estimate of drug-likeness (QED) is 0.911. The van der Waals surface area contributed by atoms with Gasteiger partial charge in [-0.25, -0.2) is 0 Å². The van der Waals surface area contributed by atoms with Crippen molar-refractivity contribution in [1.82, 2.24) is 10.2 Å². The third-order valence-electron chi connectivity index (χ3n) is 5.87. The van der Waals surface area contributed by atoms with E-state index in [1.165, 1.54) is 63.6 Å². The molecule has 1 aliphatic heterocycles. The number of benzene rings is 1. The summed E-state index contributed by atoms with van der Waals surface area (Å²) in [6.07, 6.45) is 9.85. The lowest BCUT2D eigenvalue weighted by Gasteiger charge is -2.50. The SMILES string of the molecule is c1cc(C2CC2)ccc1CN1CCNCC12CCCCC2. The molecule has 1 aromatic carbocycles. The van der Waals surface area contributed by atoms with Gasteiger partial charge in [0.25, 0.3) is 0 Å². The molecule has 0 atom stereocenters. The fourth-order valence-corrected chi connectivity index (χ4v) is 4.37. The molecule has 0 bridgehead atoms. The Bertz CT molecular complexity index is 461. The molecule has 0 unspecified atom stereocenters. The first-order valence-electron chi connectivity index (χ1n) is 8.90. The lowest BCUT2D eigenvalue weighted by Crippen LogP contribution is -2.61. The molecule has 4 rings (SSSR count). The topological polar surface area (TPSA) is 15.3 Å². The van der Waals surface area contributed by atoms with E-state index in [1.54, 1.807) is 5.56 Å². The zero-order valence-electron chi connectivity index (χ0n) is 13.1. The summed E-state index contributed by atoms with van der Waals surface area (Å²) in [6.45, 7) is 4.71. The molecule has 0 radical (unpaired) electrons. The van der Waals surface area contributed by atoms with Crippen molar-refractivity contribution < 1.29 is 0 Å². The Morgan fingerprint density at radius 3 is 2.52 bits per heavy atom. The van der Waals surface area contributed by atoms with Crippen molar-refractivity contribution in [2.24, 2.45) is 0 Å². The van der Waals surface area contributed by atoms with Crippen molar-refractivity contribution in [2.45, 2.75) is 62.9 Å². The van der Waals surface area contributed by atoms with Gasteiger partial charge in [0.15, 0.2) is 0 Å². The van der Waals surface area contributed by atoms with Crippen molar-refractivity contribution in [3.8, 4) is 0 Å². The monoisotopic (exact) mass is 284 g/mol. The van der Waals surface area contributed by atoms with Gasteiger partial charge < -0.3 is 5.32 Å². The summed E-state index contributed by atoms with van der Waals surface area (Å²) in [7, 11) is 0. The number of nitrogens with one attached hydrogen (secondary N) is 1. The number of hydrogen-bond donors (Lipinski definition) is 1. The van der Waals surface area contributed by atoms with Crippen LogP contribution in [0.2, 0.25) is 0 Å². The summed E-state index contributed by atoms with van der Waals surface area (Å²) >= 11 is 0. The Labute approximate surface area is 128 Å². The van der Waals surface area contributed by atoms with Crippen molar-refractivity contribution in [1.29, 1.82) is 0 Å². The van der Waals surface area contributed by atoms with Crippen LogP contribution in [-0.4, -0.2) is 30.1 Å². The fraction of sp³-hybridized carbons (Fsp3) is 0.684. The predicted molar refractivity (Wildman–Crippen MR) is 87.5 cm³/mol. The smallest absolute Gasteiger partial charge is 0.0338 e. The van der Waals surface area contributed by atoms with Crippen LogP contribution in [0.3, 0.4) is 0 Å². The van der Waals surface area contributed by atoms with E-state index in [0.29, 0.717) is 5.54 Å². The van der Waals surface area contributed by atoms with Crippen LogP contribution in [0.15, 0.2) is 24.3 Å². The number of rotatable bonds is 3. The Balaban J connectivity index is 1.48. The van der Waals surface area contributed by atoms with Crippen LogP contribution in [0.1, 0.15) is 62.0 Å². The highest BCUT2D eigenvalue weighted by atomic mass is 15.3. The van der Waals surface area contributed by atoms with Gasteiger partial charge in [-0.3, -0.25) is 4.90 Å². The first-order valence-corrected chi connectivity index (χ1v) is 8.90. The molecule has 1 saturated heterocycles. The summed E-state index contributed by atoms with van der Waals surface area (Å²) in [4.78, 5) is 2.79. The molecule has 2 saturated carbocycles. The third kappa shape index (κ3) is 2.89. The Hall–Kier alpha value is -0.860. The van der Waals surface area contributed by atoms with Crippen LogP contribution in [0, 0.1) is 0 Å². The molecule has 3 aliphatic rings. The molecule has 2 nitrogen and oxygen atoms in total. The van der Waals surface area contributed by atoms with Crippen LogP contribution in [0.25, 0.3) is 0 Å². The molecule has 3 fully saturated rings. The lowest BCUT2D eigenvalue weighted by atomic mass is 9.79. The van der Waals surface area contributed by atoms with E-state index in [4.69, 9.17) is 0 Å². The van der Waals surface area contributed by atoms with Gasteiger partial charge in [-0.1, -0.05) is 43.5 Å².